The Morgan fingerprint density at radius 3 is 2.70 bits per heavy atom. The van der Waals surface area contributed by atoms with Gasteiger partial charge in [0.1, 0.15) is 23.6 Å². The van der Waals surface area contributed by atoms with E-state index in [-0.39, 0.29) is 18.3 Å². The zero-order valence-corrected chi connectivity index (χ0v) is 19.2. The van der Waals surface area contributed by atoms with E-state index in [2.05, 4.69) is 31.3 Å². The first-order valence-corrected chi connectivity index (χ1v) is 10.9. The number of hydrogen-bond acceptors (Lipinski definition) is 4. The molecular formula is C25H32ClNO3. The molecule has 5 heteroatoms. The molecule has 2 aromatic rings. The van der Waals surface area contributed by atoms with E-state index < -0.39 is 5.60 Å². The average Bonchev–Trinajstić information content (AvgIpc) is 2.68. The maximum atomic E-state index is 6.36. The molecule has 162 valence electrons. The van der Waals surface area contributed by atoms with Crippen LogP contribution >= 0.6 is 11.6 Å². The first kappa shape index (κ1) is 22.7. The fraction of sp³-hybridized carbons (Fsp3) is 0.440. The van der Waals surface area contributed by atoms with Crippen molar-refractivity contribution in [1.29, 1.82) is 0 Å². The maximum absolute atomic E-state index is 6.36. The van der Waals surface area contributed by atoms with E-state index in [9.17, 15) is 0 Å². The van der Waals surface area contributed by atoms with Crippen molar-refractivity contribution in [2.24, 2.45) is 0 Å². The number of nitrogens with one attached hydrogen (secondary N) is 1. The summed E-state index contributed by atoms with van der Waals surface area (Å²) < 4.78 is 18.9. The first-order valence-electron chi connectivity index (χ1n) is 10.5. The van der Waals surface area contributed by atoms with E-state index >= 15 is 0 Å². The fourth-order valence-corrected chi connectivity index (χ4v) is 3.89. The summed E-state index contributed by atoms with van der Waals surface area (Å²) >= 11 is 6.10. The van der Waals surface area contributed by atoms with Crippen molar-refractivity contribution >= 4 is 17.3 Å². The molecule has 0 saturated carbocycles. The van der Waals surface area contributed by atoms with Gasteiger partial charge in [-0.15, -0.1) is 0 Å². The van der Waals surface area contributed by atoms with E-state index in [4.69, 9.17) is 25.8 Å². The second kappa shape index (κ2) is 9.86. The van der Waals surface area contributed by atoms with Gasteiger partial charge in [-0.2, -0.15) is 0 Å². The molecule has 0 saturated heterocycles. The summed E-state index contributed by atoms with van der Waals surface area (Å²) in [6.07, 6.45) is 3.60. The Morgan fingerprint density at radius 2 is 2.00 bits per heavy atom. The van der Waals surface area contributed by atoms with Crippen LogP contribution in [0.2, 0.25) is 5.02 Å². The van der Waals surface area contributed by atoms with Gasteiger partial charge >= 0.3 is 0 Å². The number of benzene rings is 2. The van der Waals surface area contributed by atoms with E-state index in [1.165, 1.54) is 0 Å². The molecule has 2 atom stereocenters. The molecule has 0 amide bonds. The molecule has 3 rings (SSSR count). The van der Waals surface area contributed by atoms with Crippen LogP contribution < -0.4 is 10.1 Å². The lowest BCUT2D eigenvalue weighted by atomic mass is 9.87. The van der Waals surface area contributed by atoms with Gasteiger partial charge in [0.25, 0.3) is 0 Å². The Bertz CT molecular complexity index is 878. The molecule has 1 heterocycles. The zero-order chi connectivity index (χ0) is 21.7. The Hall–Kier alpha value is -2.01. The van der Waals surface area contributed by atoms with Gasteiger partial charge in [-0.05, 0) is 70.5 Å². The summed E-state index contributed by atoms with van der Waals surface area (Å²) in [4.78, 5) is 0. The van der Waals surface area contributed by atoms with Crippen molar-refractivity contribution in [3.63, 3.8) is 0 Å². The molecule has 1 N–H and O–H groups in total. The monoisotopic (exact) mass is 429 g/mol. The third kappa shape index (κ3) is 5.57. The SMILES string of the molecule is C/C=C/COC1C(OC(C)C)c2cc(NCc3cccc(Cl)c3)ccc2OC1(C)C. The van der Waals surface area contributed by atoms with Crippen molar-refractivity contribution in [2.75, 3.05) is 11.9 Å². The summed E-state index contributed by atoms with van der Waals surface area (Å²) in [7, 11) is 0. The summed E-state index contributed by atoms with van der Waals surface area (Å²) in [6.45, 7) is 11.4. The Balaban J connectivity index is 1.87. The predicted octanol–water partition coefficient (Wildman–Crippen LogP) is 6.55. The average molecular weight is 430 g/mol. The molecule has 0 bridgehead atoms. The molecule has 0 radical (unpaired) electrons. The van der Waals surface area contributed by atoms with Gasteiger partial charge in [-0.3, -0.25) is 0 Å². The van der Waals surface area contributed by atoms with Crippen LogP contribution in [0.3, 0.4) is 0 Å². The maximum Gasteiger partial charge on any atom is 0.132 e. The molecule has 0 fully saturated rings. The smallest absolute Gasteiger partial charge is 0.132 e. The number of anilines is 1. The Kier molecular flexibility index (Phi) is 7.45. The molecule has 2 aromatic carbocycles. The van der Waals surface area contributed by atoms with Crippen molar-refractivity contribution < 1.29 is 14.2 Å². The van der Waals surface area contributed by atoms with Crippen LogP contribution in [0.5, 0.6) is 5.75 Å². The van der Waals surface area contributed by atoms with Gasteiger partial charge < -0.3 is 19.5 Å². The summed E-state index contributed by atoms with van der Waals surface area (Å²) in [5.41, 5.74) is 2.62. The van der Waals surface area contributed by atoms with Crippen LogP contribution in [0.25, 0.3) is 0 Å². The van der Waals surface area contributed by atoms with Crippen LogP contribution in [-0.4, -0.2) is 24.4 Å². The summed E-state index contributed by atoms with van der Waals surface area (Å²) in [6, 6.07) is 14.0. The molecular weight excluding hydrogens is 398 g/mol. The highest BCUT2D eigenvalue weighted by atomic mass is 35.5. The van der Waals surface area contributed by atoms with Gasteiger partial charge in [-0.25, -0.2) is 0 Å². The van der Waals surface area contributed by atoms with Crippen molar-refractivity contribution in [3.05, 3.63) is 70.8 Å². The van der Waals surface area contributed by atoms with Crippen LogP contribution in [-0.2, 0) is 16.0 Å². The molecule has 30 heavy (non-hydrogen) atoms. The normalized spacial score (nSPS) is 20.2. The van der Waals surface area contributed by atoms with Gasteiger partial charge in [0, 0.05) is 22.8 Å². The quantitative estimate of drug-likeness (QED) is 0.483. The van der Waals surface area contributed by atoms with Crippen LogP contribution in [0.15, 0.2) is 54.6 Å². The van der Waals surface area contributed by atoms with E-state index in [0.29, 0.717) is 13.2 Å². The Labute approximate surface area is 185 Å². The largest absolute Gasteiger partial charge is 0.485 e. The van der Waals surface area contributed by atoms with Crippen molar-refractivity contribution in [3.8, 4) is 5.75 Å². The standard InChI is InChI=1S/C25H32ClNO3/c1-6-7-13-28-24-23(29-17(2)3)21-15-20(11-12-22(21)30-25(24,4)5)27-16-18-9-8-10-19(26)14-18/h6-12,14-15,17,23-24,27H,13,16H2,1-5H3/b7-6+. The minimum atomic E-state index is -0.510. The van der Waals surface area contributed by atoms with E-state index in [1.54, 1.807) is 0 Å². The highest BCUT2D eigenvalue weighted by Crippen LogP contribution is 2.44. The van der Waals surface area contributed by atoms with E-state index in [1.807, 2.05) is 63.3 Å². The van der Waals surface area contributed by atoms with Crippen LogP contribution in [0, 0.1) is 0 Å². The topological polar surface area (TPSA) is 39.7 Å². The van der Waals surface area contributed by atoms with E-state index in [0.717, 1.165) is 27.6 Å². The number of hydrogen-bond donors (Lipinski definition) is 1. The number of allylic oxidation sites excluding steroid dienone is 1. The lowest BCUT2D eigenvalue weighted by molar-refractivity contribution is -0.168. The molecule has 1 aliphatic rings. The van der Waals surface area contributed by atoms with Gasteiger partial charge in [0.15, 0.2) is 0 Å². The molecule has 4 nitrogen and oxygen atoms in total. The zero-order valence-electron chi connectivity index (χ0n) is 18.4. The van der Waals surface area contributed by atoms with Crippen LogP contribution in [0.4, 0.5) is 5.69 Å². The van der Waals surface area contributed by atoms with Gasteiger partial charge in [0.05, 0.1) is 12.7 Å². The number of ether oxygens (including phenoxy) is 3. The third-order valence-corrected chi connectivity index (χ3v) is 5.30. The minimum absolute atomic E-state index is 0.0626. The Morgan fingerprint density at radius 1 is 1.20 bits per heavy atom. The lowest BCUT2D eigenvalue weighted by Gasteiger charge is -2.44. The van der Waals surface area contributed by atoms with Gasteiger partial charge in [0.2, 0.25) is 0 Å². The summed E-state index contributed by atoms with van der Waals surface area (Å²) in [5.74, 6) is 0.838. The lowest BCUT2D eigenvalue weighted by Crippen LogP contribution is -2.51. The molecule has 0 aromatic heterocycles. The molecule has 0 aliphatic carbocycles. The minimum Gasteiger partial charge on any atom is -0.485 e. The summed E-state index contributed by atoms with van der Waals surface area (Å²) in [5, 5.41) is 4.22. The van der Waals surface area contributed by atoms with Crippen LogP contribution in [0.1, 0.15) is 51.8 Å². The highest BCUT2D eigenvalue weighted by molar-refractivity contribution is 6.30. The third-order valence-electron chi connectivity index (χ3n) is 5.06. The first-order chi connectivity index (χ1) is 14.3. The van der Waals surface area contributed by atoms with Crippen molar-refractivity contribution in [2.45, 2.75) is 65.1 Å². The number of fused-ring (bicyclic) bond motifs is 1. The fourth-order valence-electron chi connectivity index (χ4n) is 3.68. The molecule has 2 unspecified atom stereocenters. The number of halogens is 1. The molecule has 0 spiro atoms. The highest BCUT2D eigenvalue weighted by Gasteiger charge is 2.45. The number of rotatable bonds is 8. The van der Waals surface area contributed by atoms with Gasteiger partial charge in [-0.1, -0.05) is 35.9 Å². The predicted molar refractivity (Wildman–Crippen MR) is 123 cm³/mol. The second-order valence-corrected chi connectivity index (χ2v) is 8.81. The second-order valence-electron chi connectivity index (χ2n) is 8.37. The molecule has 1 aliphatic heterocycles. The van der Waals surface area contributed by atoms with Crippen molar-refractivity contribution in [1.82, 2.24) is 0 Å².